The summed E-state index contributed by atoms with van der Waals surface area (Å²) in [6.07, 6.45) is 0.793. The second-order valence-corrected chi connectivity index (χ2v) is 16.3. The molecule has 3 aliphatic heterocycles. The van der Waals surface area contributed by atoms with Crippen molar-refractivity contribution in [2.45, 2.75) is 65.0 Å². The number of fused-ring (bicyclic) bond motifs is 3. The molecule has 4 aromatic rings. The van der Waals surface area contributed by atoms with Crippen LogP contribution >= 0.6 is 0 Å². The lowest BCUT2D eigenvalue weighted by atomic mass is 9.90. The predicted molar refractivity (Wildman–Crippen MR) is 212 cm³/mol. The number of aromatic nitrogens is 4. The van der Waals surface area contributed by atoms with Crippen LogP contribution in [-0.4, -0.2) is 92.4 Å². The Morgan fingerprint density at radius 2 is 1.90 bits per heavy atom. The van der Waals surface area contributed by atoms with Gasteiger partial charge in [0.15, 0.2) is 5.82 Å². The maximum Gasteiger partial charge on any atom is 0.418 e. The number of aliphatic hydroxyl groups excluding tert-OH is 1. The van der Waals surface area contributed by atoms with Crippen molar-refractivity contribution in [3.63, 3.8) is 0 Å². The van der Waals surface area contributed by atoms with Crippen molar-refractivity contribution in [3.8, 4) is 11.3 Å². The minimum atomic E-state index is -4.85. The first-order chi connectivity index (χ1) is 27.6. The van der Waals surface area contributed by atoms with E-state index in [1.807, 2.05) is 13.0 Å². The van der Waals surface area contributed by atoms with Crippen molar-refractivity contribution in [3.05, 3.63) is 87.7 Å². The second kappa shape index (κ2) is 14.7. The minimum absolute atomic E-state index is 0.116. The Hall–Kier alpha value is -5.52. The number of piperazine rings is 1. The molecule has 14 nitrogen and oxygen atoms in total. The topological polar surface area (TPSA) is 150 Å². The highest BCUT2D eigenvalue weighted by Gasteiger charge is 2.41. The van der Waals surface area contributed by atoms with Gasteiger partial charge in [0.25, 0.3) is 11.5 Å². The number of nitrogens with one attached hydrogen (secondary N) is 2. The molecule has 0 unspecified atom stereocenters. The average molecular weight is 802 g/mol. The van der Waals surface area contributed by atoms with E-state index in [-0.39, 0.29) is 64.3 Å². The lowest BCUT2D eigenvalue weighted by Gasteiger charge is -2.47. The molecule has 2 fully saturated rings. The second-order valence-electron chi connectivity index (χ2n) is 16.3. The molecule has 58 heavy (non-hydrogen) atoms. The van der Waals surface area contributed by atoms with Gasteiger partial charge in [-0.25, -0.2) is 9.97 Å². The van der Waals surface area contributed by atoms with E-state index in [0.717, 1.165) is 30.5 Å². The molecular weight excluding hydrogens is 756 g/mol. The quantitative estimate of drug-likeness (QED) is 0.203. The van der Waals surface area contributed by atoms with Gasteiger partial charge in [0, 0.05) is 80.7 Å². The summed E-state index contributed by atoms with van der Waals surface area (Å²) in [5, 5.41) is 16.1. The van der Waals surface area contributed by atoms with Crippen LogP contribution < -0.4 is 26.0 Å². The largest absolute Gasteiger partial charge is 0.418 e. The van der Waals surface area contributed by atoms with Gasteiger partial charge in [-0.05, 0) is 61.1 Å². The summed E-state index contributed by atoms with van der Waals surface area (Å²) in [6, 6.07) is 5.67. The fourth-order valence-corrected chi connectivity index (χ4v) is 8.77. The standard InChI is InChI=1S/C41H46F3N9O5/c1-6-34(55)47-30-15-25(14-29(41(42,43)44)35(30)51-10-9-50(18-23(51)2)26-21-58-22-26)46-36-39(57)49(5)19-31(48-36)27-7-8-45-37(28(27)20-54)53-12-11-52-32(38(53)56)13-24-16-40(3,4)17-33(24)52/h6-8,13-15,19,23,26,54H,1,9-12,16-18,20-22H2,2-5H3,(H,46,48)(H,47,55)/t23-/m0/s1. The van der Waals surface area contributed by atoms with Gasteiger partial charge in [0.2, 0.25) is 5.91 Å². The fraction of sp³-hybridized carbons (Fsp3) is 0.439. The molecule has 1 aliphatic carbocycles. The number of aryl methyl sites for hydroxylation is 1. The van der Waals surface area contributed by atoms with Gasteiger partial charge in [-0.15, -0.1) is 0 Å². The number of ether oxygens (including phenoxy) is 1. The van der Waals surface area contributed by atoms with E-state index in [2.05, 4.69) is 50.5 Å². The van der Waals surface area contributed by atoms with Crippen molar-refractivity contribution in [2.75, 3.05) is 59.8 Å². The molecule has 0 radical (unpaired) electrons. The normalized spacial score (nSPS) is 19.4. The predicted octanol–water partition coefficient (Wildman–Crippen LogP) is 4.72. The van der Waals surface area contributed by atoms with Crippen LogP contribution in [0.1, 0.15) is 53.6 Å². The van der Waals surface area contributed by atoms with Gasteiger partial charge in [0.1, 0.15) is 11.5 Å². The number of aliphatic hydroxyl groups is 1. The number of alkyl halides is 3. The highest BCUT2D eigenvalue weighted by molar-refractivity contribution is 6.06. The van der Waals surface area contributed by atoms with Crippen molar-refractivity contribution in [1.82, 2.24) is 24.0 Å². The molecule has 1 aromatic carbocycles. The Morgan fingerprint density at radius 1 is 1.12 bits per heavy atom. The Balaban J connectivity index is 1.14. The van der Waals surface area contributed by atoms with Gasteiger partial charge >= 0.3 is 6.18 Å². The third-order valence-electron chi connectivity index (χ3n) is 11.6. The summed E-state index contributed by atoms with van der Waals surface area (Å²) in [7, 11) is 1.47. The molecule has 8 rings (SSSR count). The maximum atomic E-state index is 15.0. The van der Waals surface area contributed by atoms with Crippen molar-refractivity contribution >= 4 is 40.5 Å². The summed E-state index contributed by atoms with van der Waals surface area (Å²) in [5.74, 6) is -1.02. The van der Waals surface area contributed by atoms with Crippen molar-refractivity contribution in [1.29, 1.82) is 0 Å². The molecule has 306 valence electrons. The average Bonchev–Trinajstić information content (AvgIpc) is 3.64. The summed E-state index contributed by atoms with van der Waals surface area (Å²) < 4.78 is 53.8. The number of carbonyl (C=O) groups excluding carboxylic acids is 2. The number of hydrogen-bond donors (Lipinski definition) is 3. The first kappa shape index (κ1) is 39.3. The molecular formula is C41H46F3N9O5. The first-order valence-electron chi connectivity index (χ1n) is 19.3. The summed E-state index contributed by atoms with van der Waals surface area (Å²) in [4.78, 5) is 54.6. The fourth-order valence-electron chi connectivity index (χ4n) is 8.77. The number of anilines is 5. The molecule has 4 aliphatic rings. The van der Waals surface area contributed by atoms with E-state index >= 15 is 13.2 Å². The van der Waals surface area contributed by atoms with Crippen LogP contribution in [0.25, 0.3) is 11.3 Å². The van der Waals surface area contributed by atoms with Crippen LogP contribution in [-0.2, 0) is 48.7 Å². The summed E-state index contributed by atoms with van der Waals surface area (Å²) in [5.41, 5.74) is 1.76. The van der Waals surface area contributed by atoms with E-state index in [9.17, 15) is 19.5 Å². The Labute approximate surface area is 332 Å². The molecule has 0 spiro atoms. The van der Waals surface area contributed by atoms with Crippen LogP contribution in [0.4, 0.5) is 41.9 Å². The summed E-state index contributed by atoms with van der Waals surface area (Å²) >= 11 is 0. The number of hydrogen-bond acceptors (Lipinski definition) is 10. The third kappa shape index (κ3) is 7.04. The lowest BCUT2D eigenvalue weighted by Crippen LogP contribution is -2.60. The van der Waals surface area contributed by atoms with Gasteiger partial charge < -0.3 is 34.5 Å². The molecule has 17 heteroatoms. The molecule has 2 saturated heterocycles. The van der Waals surface area contributed by atoms with Crippen LogP contribution in [0.5, 0.6) is 0 Å². The molecule has 6 heterocycles. The van der Waals surface area contributed by atoms with E-state index in [4.69, 9.17) is 4.74 Å². The molecule has 0 saturated carbocycles. The van der Waals surface area contributed by atoms with E-state index in [0.29, 0.717) is 56.2 Å². The molecule has 3 aromatic heterocycles. The van der Waals surface area contributed by atoms with Crippen LogP contribution in [0.2, 0.25) is 0 Å². The minimum Gasteiger partial charge on any atom is -0.392 e. The monoisotopic (exact) mass is 801 g/mol. The van der Waals surface area contributed by atoms with Crippen LogP contribution in [0.15, 0.2) is 54.1 Å². The van der Waals surface area contributed by atoms with E-state index in [1.165, 1.54) is 40.7 Å². The zero-order chi connectivity index (χ0) is 41.3. The Bertz CT molecular complexity index is 2390. The van der Waals surface area contributed by atoms with Gasteiger partial charge in [-0.2, -0.15) is 13.2 Å². The van der Waals surface area contributed by atoms with E-state index < -0.39 is 29.8 Å². The van der Waals surface area contributed by atoms with Gasteiger partial charge in [0.05, 0.1) is 48.5 Å². The van der Waals surface area contributed by atoms with Crippen molar-refractivity contribution < 1.29 is 32.6 Å². The zero-order valence-electron chi connectivity index (χ0n) is 32.8. The van der Waals surface area contributed by atoms with Crippen LogP contribution in [0.3, 0.4) is 0 Å². The summed E-state index contributed by atoms with van der Waals surface area (Å²) in [6.45, 7) is 12.5. The molecule has 0 bridgehead atoms. The number of benzene rings is 1. The highest BCUT2D eigenvalue weighted by Crippen LogP contribution is 2.45. The number of halogens is 3. The number of rotatable bonds is 9. The molecule has 3 N–H and O–H groups in total. The molecule has 1 atom stereocenters. The van der Waals surface area contributed by atoms with Crippen molar-refractivity contribution in [2.24, 2.45) is 12.5 Å². The first-order valence-corrected chi connectivity index (χ1v) is 19.3. The van der Waals surface area contributed by atoms with Gasteiger partial charge in [-0.3, -0.25) is 24.2 Å². The lowest BCUT2D eigenvalue weighted by molar-refractivity contribution is -0.137. The Morgan fingerprint density at radius 3 is 2.57 bits per heavy atom. The maximum absolute atomic E-state index is 15.0. The molecule has 2 amide bonds. The SMILES string of the molecule is C=CC(=O)Nc1cc(Nc2nc(-c3ccnc(N4CCn5c(cc6c5CC(C)(C)C6)C4=O)c3CO)cn(C)c2=O)cc(C(F)(F)F)c1N1CCN(C2COC2)C[C@@H]1C. The number of amides is 2. The van der Waals surface area contributed by atoms with Crippen LogP contribution in [0, 0.1) is 5.41 Å². The highest BCUT2D eigenvalue weighted by atomic mass is 19.4. The number of carbonyl (C=O) groups is 2. The van der Waals surface area contributed by atoms with Gasteiger partial charge in [-0.1, -0.05) is 20.4 Å². The number of pyridine rings is 1. The Kier molecular flexibility index (Phi) is 9.96. The van der Waals surface area contributed by atoms with E-state index in [1.54, 1.807) is 11.0 Å². The third-order valence-corrected chi connectivity index (χ3v) is 11.6. The smallest absolute Gasteiger partial charge is 0.392 e. The number of nitrogens with zero attached hydrogens (tertiary/aromatic N) is 7. The zero-order valence-corrected chi connectivity index (χ0v) is 32.8.